The summed E-state index contributed by atoms with van der Waals surface area (Å²) in [6.07, 6.45) is 0.983. The maximum absolute atomic E-state index is 10.5. The fraction of sp³-hybridized carbons (Fsp3) is 0.889. The maximum atomic E-state index is 10.5. The van der Waals surface area contributed by atoms with E-state index < -0.39 is 0 Å². The molecule has 0 aromatic heterocycles. The molecule has 2 saturated heterocycles. The largest absolute Gasteiger partial charge is 0.343 e. The highest BCUT2D eigenvalue weighted by atomic mass is 16.1. The number of hydrogen-bond donors (Lipinski definition) is 0. The van der Waals surface area contributed by atoms with Gasteiger partial charge in [0.05, 0.1) is 0 Å². The van der Waals surface area contributed by atoms with E-state index in [0.29, 0.717) is 12.1 Å². The summed E-state index contributed by atoms with van der Waals surface area (Å²) < 4.78 is 0. The molecule has 0 aromatic rings. The second-order valence-electron chi connectivity index (χ2n) is 4.18. The summed E-state index contributed by atoms with van der Waals surface area (Å²) in [7, 11) is 0. The molecule has 0 radical (unpaired) electrons. The molecular formula is C9H16N2O. The minimum Gasteiger partial charge on any atom is -0.343 e. The van der Waals surface area contributed by atoms with E-state index in [1.54, 1.807) is 0 Å². The molecule has 2 atom stereocenters. The molecule has 3 heteroatoms. The van der Waals surface area contributed by atoms with Crippen molar-refractivity contribution >= 4 is 6.41 Å². The van der Waals surface area contributed by atoms with E-state index in [0.717, 1.165) is 25.4 Å². The molecule has 2 aliphatic heterocycles. The Kier molecular flexibility index (Phi) is 1.83. The van der Waals surface area contributed by atoms with E-state index in [1.807, 2.05) is 4.90 Å². The molecule has 0 bridgehead atoms. The topological polar surface area (TPSA) is 23.6 Å². The molecule has 68 valence electrons. The number of carbonyl (C=O) groups excluding carboxylic acids is 1. The Balaban J connectivity index is 1.94. The van der Waals surface area contributed by atoms with Crippen molar-refractivity contribution in [2.45, 2.75) is 25.9 Å². The average Bonchev–Trinajstić information content (AvgIpc) is 2.29. The summed E-state index contributed by atoms with van der Waals surface area (Å²) in [5, 5.41) is 0. The van der Waals surface area contributed by atoms with Crippen LogP contribution < -0.4 is 0 Å². The summed E-state index contributed by atoms with van der Waals surface area (Å²) in [6, 6.07) is 1.30. The van der Waals surface area contributed by atoms with E-state index in [-0.39, 0.29) is 0 Å². The van der Waals surface area contributed by atoms with Gasteiger partial charge in [0, 0.05) is 37.6 Å². The third-order valence-corrected chi connectivity index (χ3v) is 3.12. The zero-order valence-electron chi connectivity index (χ0n) is 7.73. The van der Waals surface area contributed by atoms with Crippen molar-refractivity contribution in [3.05, 3.63) is 0 Å². The molecule has 2 fully saturated rings. The Hall–Kier alpha value is -0.570. The summed E-state index contributed by atoms with van der Waals surface area (Å²) in [5.41, 5.74) is 0. The first-order valence-electron chi connectivity index (χ1n) is 4.67. The van der Waals surface area contributed by atoms with Gasteiger partial charge < -0.3 is 4.90 Å². The minimum absolute atomic E-state index is 0.637. The van der Waals surface area contributed by atoms with Crippen molar-refractivity contribution in [2.75, 3.05) is 19.6 Å². The normalized spacial score (nSPS) is 35.1. The van der Waals surface area contributed by atoms with Gasteiger partial charge in [0.2, 0.25) is 6.41 Å². The molecule has 0 spiro atoms. The predicted octanol–water partition coefficient (Wildman–Crippen LogP) is 0.167. The van der Waals surface area contributed by atoms with Gasteiger partial charge in [-0.15, -0.1) is 0 Å². The zero-order valence-corrected chi connectivity index (χ0v) is 7.73. The van der Waals surface area contributed by atoms with Crippen LogP contribution >= 0.6 is 0 Å². The van der Waals surface area contributed by atoms with Crippen LogP contribution in [0.5, 0.6) is 0 Å². The van der Waals surface area contributed by atoms with E-state index in [2.05, 4.69) is 18.7 Å². The first-order valence-corrected chi connectivity index (χ1v) is 4.67. The van der Waals surface area contributed by atoms with E-state index in [9.17, 15) is 4.79 Å². The Morgan fingerprint density at radius 3 is 2.67 bits per heavy atom. The van der Waals surface area contributed by atoms with Crippen molar-refractivity contribution in [3.63, 3.8) is 0 Å². The number of carbonyl (C=O) groups is 1. The SMILES string of the molecule is CC(C)N1CC2CN(C=O)CC21. The van der Waals surface area contributed by atoms with Gasteiger partial charge in [0.1, 0.15) is 0 Å². The molecule has 1 amide bonds. The summed E-state index contributed by atoms with van der Waals surface area (Å²) in [5.74, 6) is 0.762. The third kappa shape index (κ3) is 1.04. The van der Waals surface area contributed by atoms with Crippen LogP contribution in [0.25, 0.3) is 0 Å². The van der Waals surface area contributed by atoms with Gasteiger partial charge in [0.15, 0.2) is 0 Å². The van der Waals surface area contributed by atoms with Gasteiger partial charge in [-0.05, 0) is 13.8 Å². The Bertz CT molecular complexity index is 193. The quantitative estimate of drug-likeness (QED) is 0.549. The number of amides is 1. The first-order chi connectivity index (χ1) is 5.72. The monoisotopic (exact) mass is 168 g/mol. The Morgan fingerprint density at radius 2 is 2.08 bits per heavy atom. The predicted molar refractivity (Wildman–Crippen MR) is 46.8 cm³/mol. The molecule has 12 heavy (non-hydrogen) atoms. The van der Waals surface area contributed by atoms with E-state index >= 15 is 0 Å². The smallest absolute Gasteiger partial charge is 0.209 e. The third-order valence-electron chi connectivity index (χ3n) is 3.12. The average molecular weight is 168 g/mol. The number of fused-ring (bicyclic) bond motifs is 1. The lowest BCUT2D eigenvalue weighted by Gasteiger charge is -2.46. The standard InChI is InChI=1S/C9H16N2O/c1-7(2)11-4-8-3-10(6-12)5-9(8)11/h6-9H,3-5H2,1-2H3. The fourth-order valence-corrected chi connectivity index (χ4v) is 2.39. The number of nitrogens with zero attached hydrogens (tertiary/aromatic N) is 2. The first kappa shape index (κ1) is 8.05. The zero-order chi connectivity index (χ0) is 8.72. The lowest BCUT2D eigenvalue weighted by atomic mass is 9.90. The summed E-state index contributed by atoms with van der Waals surface area (Å²) >= 11 is 0. The van der Waals surface area contributed by atoms with Crippen LogP contribution in [0.1, 0.15) is 13.8 Å². The van der Waals surface area contributed by atoms with Crippen LogP contribution in [0.2, 0.25) is 0 Å². The lowest BCUT2D eigenvalue weighted by Crippen LogP contribution is -2.58. The van der Waals surface area contributed by atoms with Crippen LogP contribution in [-0.4, -0.2) is 47.9 Å². The summed E-state index contributed by atoms with van der Waals surface area (Å²) in [4.78, 5) is 14.9. The van der Waals surface area contributed by atoms with E-state index in [4.69, 9.17) is 0 Å². The van der Waals surface area contributed by atoms with Crippen LogP contribution in [0.15, 0.2) is 0 Å². The minimum atomic E-state index is 0.637. The van der Waals surface area contributed by atoms with Crippen LogP contribution in [0.3, 0.4) is 0 Å². The molecule has 2 aliphatic rings. The highest BCUT2D eigenvalue weighted by Crippen LogP contribution is 2.32. The van der Waals surface area contributed by atoms with Gasteiger partial charge in [-0.1, -0.05) is 0 Å². The van der Waals surface area contributed by atoms with Crippen molar-refractivity contribution in [2.24, 2.45) is 5.92 Å². The Labute approximate surface area is 73.3 Å². The highest BCUT2D eigenvalue weighted by Gasteiger charge is 2.45. The van der Waals surface area contributed by atoms with Crippen molar-refractivity contribution < 1.29 is 4.79 Å². The fourth-order valence-electron chi connectivity index (χ4n) is 2.39. The molecule has 0 aromatic carbocycles. The van der Waals surface area contributed by atoms with Gasteiger partial charge in [-0.3, -0.25) is 9.69 Å². The molecule has 3 nitrogen and oxygen atoms in total. The van der Waals surface area contributed by atoms with Gasteiger partial charge in [0.25, 0.3) is 0 Å². The molecule has 0 N–H and O–H groups in total. The molecule has 2 heterocycles. The van der Waals surface area contributed by atoms with Crippen LogP contribution in [-0.2, 0) is 4.79 Å². The van der Waals surface area contributed by atoms with E-state index in [1.165, 1.54) is 6.54 Å². The molecule has 0 aliphatic carbocycles. The van der Waals surface area contributed by atoms with Crippen LogP contribution in [0, 0.1) is 5.92 Å². The van der Waals surface area contributed by atoms with Crippen molar-refractivity contribution in [3.8, 4) is 0 Å². The van der Waals surface area contributed by atoms with Gasteiger partial charge in [-0.25, -0.2) is 0 Å². The van der Waals surface area contributed by atoms with Gasteiger partial charge in [-0.2, -0.15) is 0 Å². The van der Waals surface area contributed by atoms with Crippen LogP contribution in [0.4, 0.5) is 0 Å². The lowest BCUT2D eigenvalue weighted by molar-refractivity contribution is -0.117. The number of hydrogen-bond acceptors (Lipinski definition) is 2. The maximum Gasteiger partial charge on any atom is 0.209 e. The van der Waals surface area contributed by atoms with Gasteiger partial charge >= 0.3 is 0 Å². The van der Waals surface area contributed by atoms with Crippen molar-refractivity contribution in [1.29, 1.82) is 0 Å². The number of likely N-dealkylation sites (tertiary alicyclic amines) is 2. The van der Waals surface area contributed by atoms with Crippen molar-refractivity contribution in [1.82, 2.24) is 9.80 Å². The second kappa shape index (κ2) is 2.73. The summed E-state index contributed by atoms with van der Waals surface area (Å²) in [6.45, 7) is 7.57. The molecule has 0 saturated carbocycles. The molecule has 2 unspecified atom stereocenters. The second-order valence-corrected chi connectivity index (χ2v) is 4.18. The molecule has 2 rings (SSSR count). The number of rotatable bonds is 2. The molecular weight excluding hydrogens is 152 g/mol. The Morgan fingerprint density at radius 1 is 1.33 bits per heavy atom. The highest BCUT2D eigenvalue weighted by molar-refractivity contribution is 5.48.